The van der Waals surface area contributed by atoms with Gasteiger partial charge in [-0.1, -0.05) is 6.92 Å². The van der Waals surface area contributed by atoms with Crippen molar-refractivity contribution in [2.75, 3.05) is 26.2 Å². The molecule has 0 aromatic heterocycles. The molecule has 2 fully saturated rings. The lowest BCUT2D eigenvalue weighted by Crippen LogP contribution is -2.58. The first kappa shape index (κ1) is 20.0. The largest absolute Gasteiger partial charge is 0.466 e. The third kappa shape index (κ3) is 4.85. The summed E-state index contributed by atoms with van der Waals surface area (Å²) < 4.78 is 5.28. The molecular formula is C18H33N3O4. The number of carboxylic acid groups (broad SMARTS) is 1. The lowest BCUT2D eigenvalue weighted by molar-refractivity contribution is -0.158. The molecule has 0 unspecified atom stereocenters. The van der Waals surface area contributed by atoms with E-state index in [0.29, 0.717) is 45.1 Å². The van der Waals surface area contributed by atoms with Crippen LogP contribution in [-0.4, -0.2) is 59.9 Å². The molecule has 7 heteroatoms. The van der Waals surface area contributed by atoms with Gasteiger partial charge in [0.2, 0.25) is 0 Å². The lowest BCUT2D eigenvalue weighted by atomic mass is 9.70. The number of esters is 1. The number of nitrogens with one attached hydrogen (secondary N) is 1. The third-order valence-electron chi connectivity index (χ3n) is 6.10. The van der Waals surface area contributed by atoms with Crippen LogP contribution in [0.2, 0.25) is 0 Å². The van der Waals surface area contributed by atoms with Crippen LogP contribution >= 0.6 is 0 Å². The normalized spacial score (nSPS) is 29.2. The Balaban J connectivity index is 1.78. The molecule has 0 aromatic rings. The number of hydrogen-bond acceptors (Lipinski definition) is 5. The van der Waals surface area contributed by atoms with Crippen LogP contribution in [0.4, 0.5) is 4.79 Å². The van der Waals surface area contributed by atoms with E-state index in [0.717, 1.165) is 32.1 Å². The van der Waals surface area contributed by atoms with Gasteiger partial charge in [-0.05, 0) is 51.9 Å². The van der Waals surface area contributed by atoms with E-state index in [2.05, 4.69) is 12.2 Å². The molecule has 0 atom stereocenters. The molecule has 1 saturated heterocycles. The molecule has 1 aliphatic heterocycles. The number of nitrogens with two attached hydrogens (primary N) is 1. The second-order valence-corrected chi connectivity index (χ2v) is 7.64. The Bertz CT molecular complexity index is 467. The smallest absolute Gasteiger partial charge is 0.407 e. The number of hydrogen-bond donors (Lipinski definition) is 3. The van der Waals surface area contributed by atoms with Gasteiger partial charge in [0.25, 0.3) is 0 Å². The first-order valence-corrected chi connectivity index (χ1v) is 9.51. The minimum absolute atomic E-state index is 0.0488. The zero-order valence-electron chi connectivity index (χ0n) is 15.6. The van der Waals surface area contributed by atoms with E-state index in [4.69, 9.17) is 15.6 Å². The van der Waals surface area contributed by atoms with Crippen LogP contribution in [0, 0.1) is 5.41 Å². The van der Waals surface area contributed by atoms with Crippen LogP contribution in [0.5, 0.6) is 0 Å². The SMILES string of the molecule is CCOC(=O)C1(CC)CCC(NCC2(N)CCN(C(=O)O)CC2)CC1. The first-order valence-electron chi connectivity index (χ1n) is 9.51. The third-order valence-corrected chi connectivity index (χ3v) is 6.10. The van der Waals surface area contributed by atoms with Crippen LogP contribution in [0.15, 0.2) is 0 Å². The number of amides is 1. The maximum Gasteiger partial charge on any atom is 0.407 e. The van der Waals surface area contributed by atoms with Gasteiger partial charge < -0.3 is 25.8 Å². The average molecular weight is 355 g/mol. The molecular weight excluding hydrogens is 322 g/mol. The summed E-state index contributed by atoms with van der Waals surface area (Å²) in [6.07, 6.45) is 4.92. The molecule has 2 rings (SSSR count). The fraction of sp³-hybridized carbons (Fsp3) is 0.889. The minimum Gasteiger partial charge on any atom is -0.466 e. The van der Waals surface area contributed by atoms with Crippen LogP contribution in [0.25, 0.3) is 0 Å². The highest BCUT2D eigenvalue weighted by atomic mass is 16.5. The van der Waals surface area contributed by atoms with Gasteiger partial charge in [0.1, 0.15) is 0 Å². The van der Waals surface area contributed by atoms with Crippen LogP contribution in [-0.2, 0) is 9.53 Å². The Morgan fingerprint density at radius 3 is 2.28 bits per heavy atom. The van der Waals surface area contributed by atoms with E-state index >= 15 is 0 Å². The molecule has 144 valence electrons. The summed E-state index contributed by atoms with van der Waals surface area (Å²) in [5.41, 5.74) is 5.79. The van der Waals surface area contributed by atoms with Crippen molar-refractivity contribution in [3.8, 4) is 0 Å². The molecule has 0 aromatic carbocycles. The molecule has 4 N–H and O–H groups in total. The highest BCUT2D eigenvalue weighted by Gasteiger charge is 2.42. The summed E-state index contributed by atoms with van der Waals surface area (Å²) >= 11 is 0. The fourth-order valence-electron chi connectivity index (χ4n) is 4.03. The molecule has 1 heterocycles. The maximum atomic E-state index is 12.3. The number of carbonyl (C=O) groups excluding carboxylic acids is 1. The zero-order chi connectivity index (χ0) is 18.5. The highest BCUT2D eigenvalue weighted by Crippen LogP contribution is 2.40. The Labute approximate surface area is 150 Å². The number of carbonyl (C=O) groups is 2. The van der Waals surface area contributed by atoms with Crippen molar-refractivity contribution in [1.29, 1.82) is 0 Å². The number of rotatable bonds is 6. The summed E-state index contributed by atoms with van der Waals surface area (Å²) in [5, 5.41) is 12.6. The van der Waals surface area contributed by atoms with Crippen molar-refractivity contribution >= 4 is 12.1 Å². The summed E-state index contributed by atoms with van der Waals surface area (Å²) in [5.74, 6) is -0.0488. The molecule has 0 spiro atoms. The van der Waals surface area contributed by atoms with E-state index in [9.17, 15) is 9.59 Å². The monoisotopic (exact) mass is 355 g/mol. The predicted octanol–water partition coefficient (Wildman–Crippen LogP) is 1.95. The Hall–Kier alpha value is -1.34. The molecule has 25 heavy (non-hydrogen) atoms. The number of ether oxygens (including phenoxy) is 1. The summed E-state index contributed by atoms with van der Waals surface area (Å²) in [6, 6.07) is 0.368. The summed E-state index contributed by atoms with van der Waals surface area (Å²) in [4.78, 5) is 24.7. The van der Waals surface area contributed by atoms with E-state index < -0.39 is 6.09 Å². The van der Waals surface area contributed by atoms with Crippen molar-refractivity contribution in [2.45, 2.75) is 70.4 Å². The average Bonchev–Trinajstić information content (AvgIpc) is 2.61. The number of likely N-dealkylation sites (tertiary alicyclic amines) is 1. The number of piperidine rings is 1. The van der Waals surface area contributed by atoms with Crippen LogP contribution in [0.3, 0.4) is 0 Å². The molecule has 0 bridgehead atoms. The zero-order valence-corrected chi connectivity index (χ0v) is 15.6. The lowest BCUT2D eigenvalue weighted by Gasteiger charge is -2.41. The minimum atomic E-state index is -0.864. The van der Waals surface area contributed by atoms with Crippen molar-refractivity contribution in [2.24, 2.45) is 11.1 Å². The highest BCUT2D eigenvalue weighted by molar-refractivity contribution is 5.76. The Morgan fingerprint density at radius 2 is 1.80 bits per heavy atom. The Kier molecular flexibility index (Phi) is 6.68. The van der Waals surface area contributed by atoms with Gasteiger partial charge in [0.05, 0.1) is 12.0 Å². The molecule has 1 amide bonds. The van der Waals surface area contributed by atoms with E-state index in [1.54, 1.807) is 0 Å². The second-order valence-electron chi connectivity index (χ2n) is 7.64. The van der Waals surface area contributed by atoms with Gasteiger partial charge in [-0.2, -0.15) is 0 Å². The van der Waals surface area contributed by atoms with Gasteiger partial charge in [0, 0.05) is 31.2 Å². The fourth-order valence-corrected chi connectivity index (χ4v) is 4.03. The van der Waals surface area contributed by atoms with Crippen molar-refractivity contribution in [3.63, 3.8) is 0 Å². The first-order chi connectivity index (χ1) is 11.8. The van der Waals surface area contributed by atoms with E-state index in [1.165, 1.54) is 4.90 Å². The van der Waals surface area contributed by atoms with Gasteiger partial charge in [-0.3, -0.25) is 4.79 Å². The standard InChI is InChI=1S/C18H33N3O4/c1-3-17(15(22)25-4-2)7-5-14(6-8-17)20-13-18(19)9-11-21(12-10-18)16(23)24/h14,20H,3-13,19H2,1-2H3,(H,23,24). The molecule has 1 saturated carbocycles. The molecule has 1 aliphatic carbocycles. The van der Waals surface area contributed by atoms with Gasteiger partial charge >= 0.3 is 12.1 Å². The topological polar surface area (TPSA) is 105 Å². The number of nitrogens with zero attached hydrogens (tertiary/aromatic N) is 1. The second kappa shape index (κ2) is 8.36. The quantitative estimate of drug-likeness (QED) is 0.629. The molecule has 7 nitrogen and oxygen atoms in total. The summed E-state index contributed by atoms with van der Waals surface area (Å²) in [6.45, 7) is 6.05. The van der Waals surface area contributed by atoms with Gasteiger partial charge in [-0.15, -0.1) is 0 Å². The Morgan fingerprint density at radius 1 is 1.20 bits per heavy atom. The predicted molar refractivity (Wildman–Crippen MR) is 95.4 cm³/mol. The van der Waals surface area contributed by atoms with Gasteiger partial charge in [0.15, 0.2) is 0 Å². The van der Waals surface area contributed by atoms with Crippen molar-refractivity contribution in [3.05, 3.63) is 0 Å². The van der Waals surface area contributed by atoms with Crippen molar-refractivity contribution in [1.82, 2.24) is 10.2 Å². The van der Waals surface area contributed by atoms with Crippen molar-refractivity contribution < 1.29 is 19.4 Å². The van der Waals surface area contributed by atoms with E-state index in [-0.39, 0.29) is 16.9 Å². The summed E-state index contributed by atoms with van der Waals surface area (Å²) in [7, 11) is 0. The maximum absolute atomic E-state index is 12.3. The molecule has 0 radical (unpaired) electrons. The van der Waals surface area contributed by atoms with E-state index in [1.807, 2.05) is 6.92 Å². The van der Waals surface area contributed by atoms with Crippen LogP contribution in [0.1, 0.15) is 58.8 Å². The van der Waals surface area contributed by atoms with Gasteiger partial charge in [-0.25, -0.2) is 4.79 Å². The van der Waals surface area contributed by atoms with Crippen LogP contribution < -0.4 is 11.1 Å². The molecule has 2 aliphatic rings.